The Morgan fingerprint density at radius 3 is 2.68 bits per heavy atom. The van der Waals surface area contributed by atoms with Crippen LogP contribution in [0, 0.1) is 13.8 Å². The van der Waals surface area contributed by atoms with Crippen LogP contribution in [0.2, 0.25) is 0 Å². The van der Waals surface area contributed by atoms with E-state index in [2.05, 4.69) is 10.4 Å². The van der Waals surface area contributed by atoms with Gasteiger partial charge in [-0.25, -0.2) is 4.79 Å². The molecule has 2 aromatic heterocycles. The molecule has 7 nitrogen and oxygen atoms in total. The topological polar surface area (TPSA) is 97.4 Å². The Labute approximate surface area is 143 Å². The molecule has 0 aliphatic heterocycles. The number of rotatable bonds is 3. The fourth-order valence-electron chi connectivity index (χ4n) is 2.97. The first-order valence-electron chi connectivity index (χ1n) is 7.84. The lowest BCUT2D eigenvalue weighted by Crippen LogP contribution is -2.25. The molecule has 130 valence electrons. The number of hydrogen-bond acceptors (Lipinski definition) is 4. The molecule has 0 saturated heterocycles. The summed E-state index contributed by atoms with van der Waals surface area (Å²) < 4.78 is 7.70. The van der Waals surface area contributed by atoms with Crippen molar-refractivity contribution >= 4 is 17.1 Å². The van der Waals surface area contributed by atoms with Crippen LogP contribution < -0.4 is 10.7 Å². The molecule has 7 heteroatoms. The van der Waals surface area contributed by atoms with Crippen LogP contribution in [0.4, 0.5) is 4.79 Å². The molecule has 0 bridgehead atoms. The van der Waals surface area contributed by atoms with Crippen molar-refractivity contribution in [3.63, 3.8) is 0 Å². The summed E-state index contributed by atoms with van der Waals surface area (Å²) in [6, 6.07) is 3.07. The molecule has 2 N–H and O–H groups in total. The van der Waals surface area contributed by atoms with Crippen LogP contribution in [0.3, 0.4) is 0 Å². The van der Waals surface area contributed by atoms with Crippen LogP contribution in [0.1, 0.15) is 29.7 Å². The molecule has 1 amide bonds. The normalized spacial score (nSPS) is 12.3. The number of nitrogens with zero attached hydrogens (tertiary/aromatic N) is 2. The number of amides is 1. The SMILES string of the molecule is Cc1cc([C@@H](C)NC(=O)O)c2oc(-c3cnn(C)c3)c(C)c(=O)c2c1. The fourth-order valence-corrected chi connectivity index (χ4v) is 2.97. The van der Waals surface area contributed by atoms with Crippen molar-refractivity contribution in [2.24, 2.45) is 7.05 Å². The second-order valence-corrected chi connectivity index (χ2v) is 6.19. The van der Waals surface area contributed by atoms with Crippen molar-refractivity contribution in [2.75, 3.05) is 0 Å². The van der Waals surface area contributed by atoms with Gasteiger partial charge in [-0.05, 0) is 32.4 Å². The van der Waals surface area contributed by atoms with E-state index in [0.717, 1.165) is 5.56 Å². The van der Waals surface area contributed by atoms with Crippen molar-refractivity contribution in [1.29, 1.82) is 0 Å². The van der Waals surface area contributed by atoms with Crippen LogP contribution in [0.25, 0.3) is 22.3 Å². The van der Waals surface area contributed by atoms with Crippen molar-refractivity contribution < 1.29 is 14.3 Å². The number of hydrogen-bond donors (Lipinski definition) is 2. The van der Waals surface area contributed by atoms with E-state index in [0.29, 0.717) is 33.4 Å². The minimum atomic E-state index is -1.14. The van der Waals surface area contributed by atoms with Crippen LogP contribution in [-0.4, -0.2) is 21.0 Å². The summed E-state index contributed by atoms with van der Waals surface area (Å²) in [6.45, 7) is 5.29. The second-order valence-electron chi connectivity index (χ2n) is 6.19. The smallest absolute Gasteiger partial charge is 0.405 e. The van der Waals surface area contributed by atoms with Crippen LogP contribution in [0.5, 0.6) is 0 Å². The third-order valence-corrected chi connectivity index (χ3v) is 4.17. The van der Waals surface area contributed by atoms with Gasteiger partial charge < -0.3 is 14.8 Å². The van der Waals surface area contributed by atoms with E-state index >= 15 is 0 Å². The molecular weight excluding hydrogens is 322 g/mol. The van der Waals surface area contributed by atoms with Gasteiger partial charge in [-0.15, -0.1) is 0 Å². The van der Waals surface area contributed by atoms with Gasteiger partial charge in [0.25, 0.3) is 0 Å². The van der Waals surface area contributed by atoms with Gasteiger partial charge in [0.1, 0.15) is 11.3 Å². The molecular formula is C18H19N3O4. The minimum absolute atomic E-state index is 0.132. The lowest BCUT2D eigenvalue weighted by molar-refractivity contribution is 0.191. The third-order valence-electron chi connectivity index (χ3n) is 4.17. The number of nitrogens with one attached hydrogen (secondary N) is 1. The van der Waals surface area contributed by atoms with Gasteiger partial charge in [0.2, 0.25) is 0 Å². The number of aromatic nitrogens is 2. The molecule has 3 aromatic rings. The Morgan fingerprint density at radius 1 is 1.36 bits per heavy atom. The van der Waals surface area contributed by atoms with Gasteiger partial charge in [-0.3, -0.25) is 9.48 Å². The predicted molar refractivity (Wildman–Crippen MR) is 93.7 cm³/mol. The van der Waals surface area contributed by atoms with E-state index in [1.165, 1.54) is 0 Å². The molecule has 0 spiro atoms. The average Bonchev–Trinajstić information content (AvgIpc) is 2.96. The number of carboxylic acid groups (broad SMARTS) is 1. The molecule has 25 heavy (non-hydrogen) atoms. The number of fused-ring (bicyclic) bond motifs is 1. The first-order chi connectivity index (χ1) is 11.8. The number of aryl methyl sites for hydroxylation is 2. The first kappa shape index (κ1) is 16.8. The maximum absolute atomic E-state index is 12.9. The van der Waals surface area contributed by atoms with Gasteiger partial charge in [0, 0.05) is 24.4 Å². The van der Waals surface area contributed by atoms with Crippen LogP contribution >= 0.6 is 0 Å². The van der Waals surface area contributed by atoms with E-state index in [4.69, 9.17) is 9.52 Å². The minimum Gasteiger partial charge on any atom is -0.465 e. The monoisotopic (exact) mass is 341 g/mol. The van der Waals surface area contributed by atoms with E-state index in [1.54, 1.807) is 44.0 Å². The highest BCUT2D eigenvalue weighted by Crippen LogP contribution is 2.30. The summed E-state index contributed by atoms with van der Waals surface area (Å²) in [6.07, 6.45) is 2.26. The van der Waals surface area contributed by atoms with E-state index < -0.39 is 12.1 Å². The number of carbonyl (C=O) groups is 1. The van der Waals surface area contributed by atoms with Gasteiger partial charge in [-0.2, -0.15) is 5.10 Å². The van der Waals surface area contributed by atoms with Crippen molar-refractivity contribution in [2.45, 2.75) is 26.8 Å². The summed E-state index contributed by atoms with van der Waals surface area (Å²) in [4.78, 5) is 23.9. The van der Waals surface area contributed by atoms with E-state index in [-0.39, 0.29) is 5.43 Å². The summed E-state index contributed by atoms with van der Waals surface area (Å²) in [7, 11) is 1.78. The van der Waals surface area contributed by atoms with E-state index in [1.807, 2.05) is 13.0 Å². The summed E-state index contributed by atoms with van der Waals surface area (Å²) in [5.74, 6) is 0.443. The largest absolute Gasteiger partial charge is 0.465 e. The zero-order valence-electron chi connectivity index (χ0n) is 14.5. The molecule has 3 rings (SSSR count). The highest BCUT2D eigenvalue weighted by atomic mass is 16.4. The highest BCUT2D eigenvalue weighted by molar-refractivity contribution is 5.84. The molecule has 2 heterocycles. The molecule has 0 fully saturated rings. The van der Waals surface area contributed by atoms with Gasteiger partial charge in [-0.1, -0.05) is 6.07 Å². The first-order valence-corrected chi connectivity index (χ1v) is 7.84. The lowest BCUT2D eigenvalue weighted by atomic mass is 9.99. The van der Waals surface area contributed by atoms with E-state index in [9.17, 15) is 9.59 Å². The lowest BCUT2D eigenvalue weighted by Gasteiger charge is -2.16. The molecule has 1 aromatic carbocycles. The molecule has 0 unspecified atom stereocenters. The molecule has 0 saturated carbocycles. The summed E-state index contributed by atoms with van der Waals surface area (Å²) in [5.41, 5.74) is 2.94. The molecule has 1 atom stereocenters. The third kappa shape index (κ3) is 3.00. The molecule has 0 radical (unpaired) electrons. The van der Waals surface area contributed by atoms with Gasteiger partial charge in [0.15, 0.2) is 5.43 Å². The fraction of sp³-hybridized carbons (Fsp3) is 0.278. The highest BCUT2D eigenvalue weighted by Gasteiger charge is 2.20. The maximum Gasteiger partial charge on any atom is 0.405 e. The van der Waals surface area contributed by atoms with Crippen molar-refractivity contribution in [3.8, 4) is 11.3 Å². The Morgan fingerprint density at radius 2 is 2.08 bits per heavy atom. The Hall–Kier alpha value is -3.09. The quantitative estimate of drug-likeness (QED) is 0.763. The summed E-state index contributed by atoms with van der Waals surface area (Å²) in [5, 5.41) is 16.0. The van der Waals surface area contributed by atoms with Crippen LogP contribution in [0.15, 0.2) is 33.7 Å². The predicted octanol–water partition coefficient (Wildman–Crippen LogP) is 3.14. The van der Waals surface area contributed by atoms with Crippen LogP contribution in [-0.2, 0) is 7.05 Å². The second kappa shape index (κ2) is 6.08. The van der Waals surface area contributed by atoms with Gasteiger partial charge >= 0.3 is 6.09 Å². The zero-order chi connectivity index (χ0) is 18.3. The average molecular weight is 341 g/mol. The maximum atomic E-state index is 12.9. The van der Waals surface area contributed by atoms with Crippen molar-refractivity contribution in [3.05, 3.63) is 51.4 Å². The summed E-state index contributed by atoms with van der Waals surface area (Å²) >= 11 is 0. The Balaban J connectivity index is 2.32. The number of benzene rings is 1. The standard InChI is InChI=1S/C18H19N3O4/c1-9-5-13(11(3)20-18(23)24)17-14(6-9)15(22)10(2)16(25-17)12-7-19-21(4)8-12/h5-8,11,20H,1-4H3,(H,23,24)/t11-/m1/s1. The van der Waals surface area contributed by atoms with Gasteiger partial charge in [0.05, 0.1) is 23.2 Å². The Bertz CT molecular complexity index is 1030. The molecule has 0 aliphatic rings. The zero-order valence-corrected chi connectivity index (χ0v) is 14.5. The van der Waals surface area contributed by atoms with Crippen molar-refractivity contribution in [1.82, 2.24) is 15.1 Å². The molecule has 0 aliphatic carbocycles. The Kier molecular flexibility index (Phi) is 4.08.